The Kier molecular flexibility index (Phi) is 7.82. The first-order chi connectivity index (χ1) is 11.2. The Bertz CT molecular complexity index is 478. The van der Waals surface area contributed by atoms with Crippen LogP contribution in [0.15, 0.2) is 5.38 Å². The summed E-state index contributed by atoms with van der Waals surface area (Å²) in [5, 5.41) is 18.7. The Labute approximate surface area is 142 Å². The Morgan fingerprint density at radius 2 is 2.17 bits per heavy atom. The molecule has 0 saturated heterocycles. The number of aliphatic hydroxyl groups excluding tert-OH is 1. The van der Waals surface area contributed by atoms with Crippen molar-refractivity contribution in [2.75, 3.05) is 13.2 Å². The quantitative estimate of drug-likeness (QED) is 0.528. The number of aryl methyl sites for hydroxylation is 2. The lowest BCUT2D eigenvalue weighted by Crippen LogP contribution is -2.46. The van der Waals surface area contributed by atoms with E-state index in [1.54, 1.807) is 11.3 Å². The summed E-state index contributed by atoms with van der Waals surface area (Å²) < 4.78 is 0. The summed E-state index contributed by atoms with van der Waals surface area (Å²) in [6.07, 6.45) is 8.45. The number of hydrogen-bond donors (Lipinski definition) is 3. The van der Waals surface area contributed by atoms with Crippen molar-refractivity contribution in [1.29, 1.82) is 0 Å². The summed E-state index contributed by atoms with van der Waals surface area (Å²) in [7, 11) is 0. The Hall–Kier alpha value is -1.14. The van der Waals surface area contributed by atoms with Gasteiger partial charge in [0, 0.05) is 36.2 Å². The molecule has 1 aliphatic carbocycles. The van der Waals surface area contributed by atoms with Crippen molar-refractivity contribution in [2.45, 2.75) is 64.3 Å². The number of nitrogens with zero attached hydrogens (tertiary/aromatic N) is 1. The maximum Gasteiger partial charge on any atom is 0.315 e. The number of aromatic nitrogens is 1. The molecule has 2 amide bonds. The Morgan fingerprint density at radius 3 is 2.91 bits per heavy atom. The molecule has 0 spiro atoms. The topological polar surface area (TPSA) is 74.2 Å². The molecule has 0 aromatic carbocycles. The van der Waals surface area contributed by atoms with Crippen LogP contribution in [0.25, 0.3) is 0 Å². The number of urea groups is 1. The van der Waals surface area contributed by atoms with Crippen molar-refractivity contribution in [1.82, 2.24) is 15.6 Å². The van der Waals surface area contributed by atoms with Gasteiger partial charge < -0.3 is 15.7 Å². The Morgan fingerprint density at radius 1 is 1.35 bits per heavy atom. The average molecular weight is 340 g/mol. The maximum absolute atomic E-state index is 12.0. The van der Waals surface area contributed by atoms with E-state index < -0.39 is 0 Å². The minimum atomic E-state index is -0.0968. The molecule has 1 heterocycles. The molecule has 0 aliphatic heterocycles. The van der Waals surface area contributed by atoms with Crippen LogP contribution in [0.5, 0.6) is 0 Å². The summed E-state index contributed by atoms with van der Waals surface area (Å²) in [5.74, 6) is 0.205. The van der Waals surface area contributed by atoms with Gasteiger partial charge in [0.15, 0.2) is 0 Å². The molecule has 2 atom stereocenters. The normalized spacial score (nSPS) is 21.7. The predicted octanol–water partition coefficient (Wildman–Crippen LogP) is 3.01. The summed E-state index contributed by atoms with van der Waals surface area (Å²) in [4.78, 5) is 16.4. The van der Waals surface area contributed by atoms with Crippen LogP contribution in [0.3, 0.4) is 0 Å². The van der Waals surface area contributed by atoms with E-state index in [1.807, 2.05) is 6.92 Å². The fourth-order valence-electron chi connectivity index (χ4n) is 3.13. The van der Waals surface area contributed by atoms with Gasteiger partial charge in [-0.25, -0.2) is 9.78 Å². The van der Waals surface area contributed by atoms with E-state index in [2.05, 4.69) is 21.0 Å². The molecular formula is C17H29N3O2S. The summed E-state index contributed by atoms with van der Waals surface area (Å²) >= 11 is 1.71. The summed E-state index contributed by atoms with van der Waals surface area (Å²) in [5.41, 5.74) is 1.09. The molecule has 3 N–H and O–H groups in total. The van der Waals surface area contributed by atoms with Crippen LogP contribution in [-0.4, -0.2) is 35.3 Å². The summed E-state index contributed by atoms with van der Waals surface area (Å²) in [6, 6.07) is 0.0150. The summed E-state index contributed by atoms with van der Waals surface area (Å²) in [6.45, 7) is 2.86. The number of unbranched alkanes of at least 4 members (excludes halogenated alkanes) is 1. The van der Waals surface area contributed by atoms with E-state index >= 15 is 0 Å². The second-order valence-electron chi connectivity index (χ2n) is 6.43. The molecular weight excluding hydrogens is 310 g/mol. The lowest BCUT2D eigenvalue weighted by atomic mass is 9.96. The number of carbonyl (C=O) groups excluding carboxylic acids is 1. The molecule has 1 fully saturated rings. The molecule has 130 valence electrons. The zero-order chi connectivity index (χ0) is 16.5. The van der Waals surface area contributed by atoms with Crippen LogP contribution < -0.4 is 10.6 Å². The van der Waals surface area contributed by atoms with Gasteiger partial charge >= 0.3 is 6.03 Å². The average Bonchev–Trinajstić information content (AvgIpc) is 2.81. The van der Waals surface area contributed by atoms with Crippen molar-refractivity contribution >= 4 is 17.4 Å². The van der Waals surface area contributed by atoms with Crippen molar-refractivity contribution in [2.24, 2.45) is 5.92 Å². The lowest BCUT2D eigenvalue weighted by molar-refractivity contribution is 0.179. The van der Waals surface area contributed by atoms with Crippen molar-refractivity contribution in [3.8, 4) is 0 Å². The highest BCUT2D eigenvalue weighted by Crippen LogP contribution is 2.23. The van der Waals surface area contributed by atoms with Gasteiger partial charge in [-0.3, -0.25) is 0 Å². The van der Waals surface area contributed by atoms with Gasteiger partial charge in [0.2, 0.25) is 0 Å². The SMILES string of the molecule is Cc1csc(CCCCNC(=O)NC2CCCCCC2CO)n1. The molecule has 23 heavy (non-hydrogen) atoms. The van der Waals surface area contributed by atoms with Crippen molar-refractivity contribution in [3.63, 3.8) is 0 Å². The second kappa shape index (κ2) is 9.88. The van der Waals surface area contributed by atoms with Crippen LogP contribution in [0.1, 0.15) is 55.6 Å². The van der Waals surface area contributed by atoms with Crippen molar-refractivity contribution < 1.29 is 9.90 Å². The fraction of sp³-hybridized carbons (Fsp3) is 0.765. The third kappa shape index (κ3) is 6.47. The largest absolute Gasteiger partial charge is 0.396 e. The molecule has 0 radical (unpaired) electrons. The highest BCUT2D eigenvalue weighted by Gasteiger charge is 2.24. The van der Waals surface area contributed by atoms with Gasteiger partial charge in [0.25, 0.3) is 0 Å². The van der Waals surface area contributed by atoms with Gasteiger partial charge in [0.1, 0.15) is 0 Å². The minimum Gasteiger partial charge on any atom is -0.396 e. The van der Waals surface area contributed by atoms with Crippen molar-refractivity contribution in [3.05, 3.63) is 16.1 Å². The highest BCUT2D eigenvalue weighted by molar-refractivity contribution is 7.09. The zero-order valence-corrected chi connectivity index (χ0v) is 14.8. The lowest BCUT2D eigenvalue weighted by Gasteiger charge is -2.24. The number of rotatable bonds is 7. The first kappa shape index (κ1) is 18.2. The fourth-order valence-corrected chi connectivity index (χ4v) is 3.95. The van der Waals surface area contributed by atoms with E-state index in [9.17, 15) is 9.90 Å². The Balaban J connectivity index is 1.60. The molecule has 0 bridgehead atoms. The molecule has 1 aliphatic rings. The molecule has 6 heteroatoms. The minimum absolute atomic E-state index is 0.0968. The number of thiazole rings is 1. The number of aliphatic hydroxyl groups is 1. The molecule has 1 aromatic heterocycles. The number of nitrogens with one attached hydrogen (secondary N) is 2. The first-order valence-electron chi connectivity index (χ1n) is 8.75. The van der Waals surface area contributed by atoms with Gasteiger partial charge in [0.05, 0.1) is 5.01 Å². The van der Waals surface area contributed by atoms with Gasteiger partial charge in [-0.05, 0) is 39.0 Å². The standard InChI is InChI=1S/C17H29N3O2S/c1-13-12-23-16(19-13)9-5-6-10-18-17(22)20-15-8-4-2-3-7-14(15)11-21/h12,14-15,21H,2-11H2,1H3,(H2,18,20,22). The zero-order valence-electron chi connectivity index (χ0n) is 14.0. The van der Waals surface area contributed by atoms with Gasteiger partial charge in [-0.1, -0.05) is 19.3 Å². The third-order valence-electron chi connectivity index (χ3n) is 4.48. The predicted molar refractivity (Wildman–Crippen MR) is 93.8 cm³/mol. The van der Waals surface area contributed by atoms with Crippen LogP contribution in [0.2, 0.25) is 0 Å². The molecule has 5 nitrogen and oxygen atoms in total. The van der Waals surface area contributed by atoms with E-state index in [0.717, 1.165) is 50.6 Å². The van der Waals surface area contributed by atoms with Crippen LogP contribution in [0.4, 0.5) is 4.79 Å². The van der Waals surface area contributed by atoms with Gasteiger partial charge in [-0.2, -0.15) is 0 Å². The first-order valence-corrected chi connectivity index (χ1v) is 9.63. The highest BCUT2D eigenvalue weighted by atomic mass is 32.1. The van der Waals surface area contributed by atoms with Crippen LogP contribution >= 0.6 is 11.3 Å². The molecule has 1 saturated carbocycles. The monoisotopic (exact) mass is 339 g/mol. The molecule has 2 unspecified atom stereocenters. The van der Waals surface area contributed by atoms with Gasteiger partial charge in [-0.15, -0.1) is 11.3 Å². The van der Waals surface area contributed by atoms with E-state index in [0.29, 0.717) is 6.54 Å². The van der Waals surface area contributed by atoms with E-state index in [1.165, 1.54) is 11.4 Å². The molecule has 2 rings (SSSR count). The van der Waals surface area contributed by atoms with E-state index in [4.69, 9.17) is 0 Å². The molecule has 1 aromatic rings. The number of amides is 2. The van der Waals surface area contributed by atoms with Crippen LogP contribution in [0, 0.1) is 12.8 Å². The van der Waals surface area contributed by atoms with Crippen LogP contribution in [-0.2, 0) is 6.42 Å². The number of hydrogen-bond acceptors (Lipinski definition) is 4. The number of carbonyl (C=O) groups is 1. The maximum atomic E-state index is 12.0. The van der Waals surface area contributed by atoms with E-state index in [-0.39, 0.29) is 24.6 Å². The smallest absolute Gasteiger partial charge is 0.315 e. The second-order valence-corrected chi connectivity index (χ2v) is 7.37. The third-order valence-corrected chi connectivity index (χ3v) is 5.51.